The minimum Gasteiger partial charge on any atom is -0.387 e. The van der Waals surface area contributed by atoms with Crippen LogP contribution in [0.4, 0.5) is 8.78 Å². The first-order valence-electron chi connectivity index (χ1n) is 5.09. The molecule has 2 rings (SSSR count). The van der Waals surface area contributed by atoms with Gasteiger partial charge in [0.25, 0.3) is 5.92 Å². The molecule has 4 heteroatoms. The highest BCUT2D eigenvalue weighted by molar-refractivity contribution is 5.03. The normalized spacial score (nSPS) is 50.8. The fourth-order valence-corrected chi connectivity index (χ4v) is 2.35. The predicted molar refractivity (Wildman–Crippen MR) is 47.2 cm³/mol. The molecule has 4 atom stereocenters. The zero-order valence-electron chi connectivity index (χ0n) is 8.46. The second-order valence-corrected chi connectivity index (χ2v) is 4.76. The van der Waals surface area contributed by atoms with Crippen molar-refractivity contribution >= 4 is 0 Å². The van der Waals surface area contributed by atoms with Gasteiger partial charge in [0.15, 0.2) is 0 Å². The van der Waals surface area contributed by atoms with Crippen molar-refractivity contribution in [1.29, 1.82) is 0 Å². The highest BCUT2D eigenvalue weighted by Crippen LogP contribution is 2.54. The monoisotopic (exact) mass is 206 g/mol. The lowest BCUT2D eigenvalue weighted by molar-refractivity contribution is -0.0503. The molecule has 0 aromatic carbocycles. The summed E-state index contributed by atoms with van der Waals surface area (Å²) < 4.78 is 30.8. The minimum atomic E-state index is -2.54. The summed E-state index contributed by atoms with van der Waals surface area (Å²) in [5, 5.41) is 10.1. The molecule has 1 heterocycles. The summed E-state index contributed by atoms with van der Waals surface area (Å²) in [6.45, 7) is 3.61. The van der Waals surface area contributed by atoms with Crippen molar-refractivity contribution in [2.24, 2.45) is 5.92 Å². The van der Waals surface area contributed by atoms with Crippen LogP contribution in [0.3, 0.4) is 0 Å². The molecule has 2 aliphatic rings. The fourth-order valence-electron chi connectivity index (χ4n) is 2.35. The first-order chi connectivity index (χ1) is 6.33. The predicted octanol–water partition coefficient (Wildman–Crippen LogP) is 1.96. The largest absolute Gasteiger partial charge is 0.387 e. The van der Waals surface area contributed by atoms with Gasteiger partial charge in [0.05, 0.1) is 17.8 Å². The van der Waals surface area contributed by atoms with Gasteiger partial charge in [0.2, 0.25) is 0 Å². The first kappa shape index (κ1) is 10.3. The molecule has 0 aromatic rings. The molecule has 1 saturated heterocycles. The van der Waals surface area contributed by atoms with Crippen LogP contribution in [-0.4, -0.2) is 28.8 Å². The Balaban J connectivity index is 1.97. The third-order valence-corrected chi connectivity index (χ3v) is 3.39. The zero-order valence-corrected chi connectivity index (χ0v) is 8.46. The average Bonchev–Trinajstić information content (AvgIpc) is 2.47. The number of rotatable bonds is 2. The Morgan fingerprint density at radius 2 is 1.93 bits per heavy atom. The highest BCUT2D eigenvalue weighted by Gasteiger charge is 2.60. The maximum Gasteiger partial charge on any atom is 0.251 e. The number of hydrogen-bond acceptors (Lipinski definition) is 2. The van der Waals surface area contributed by atoms with Gasteiger partial charge < -0.3 is 9.84 Å². The number of alkyl halides is 2. The maximum absolute atomic E-state index is 12.7. The van der Waals surface area contributed by atoms with Gasteiger partial charge in [0, 0.05) is 18.8 Å². The molecule has 2 nitrogen and oxygen atoms in total. The number of aliphatic hydroxyl groups is 1. The van der Waals surface area contributed by atoms with Crippen molar-refractivity contribution in [3.63, 3.8) is 0 Å². The van der Waals surface area contributed by atoms with E-state index in [-0.39, 0.29) is 25.0 Å². The SMILES string of the molecule is CC1CC(O)(CC2CC2(F)F)C(C)O1. The summed E-state index contributed by atoms with van der Waals surface area (Å²) >= 11 is 0. The fraction of sp³-hybridized carbons (Fsp3) is 1.00. The summed E-state index contributed by atoms with van der Waals surface area (Å²) in [7, 11) is 0. The Kier molecular flexibility index (Phi) is 2.13. The summed E-state index contributed by atoms with van der Waals surface area (Å²) in [6.07, 6.45) is 0.221. The lowest BCUT2D eigenvalue weighted by atomic mass is 9.89. The van der Waals surface area contributed by atoms with E-state index in [2.05, 4.69) is 0 Å². The van der Waals surface area contributed by atoms with Crippen molar-refractivity contribution in [2.45, 2.75) is 56.8 Å². The molecule has 1 aliphatic carbocycles. The topological polar surface area (TPSA) is 29.5 Å². The van der Waals surface area contributed by atoms with Crippen LogP contribution in [0.25, 0.3) is 0 Å². The van der Waals surface area contributed by atoms with Crippen molar-refractivity contribution < 1.29 is 18.6 Å². The van der Waals surface area contributed by atoms with Crippen molar-refractivity contribution in [2.75, 3.05) is 0 Å². The summed E-state index contributed by atoms with van der Waals surface area (Å²) in [5.74, 6) is -3.18. The standard InChI is InChI=1S/C10H16F2O2/c1-6-3-9(13,7(2)14-6)4-8-5-10(8,11)12/h6-8,13H,3-5H2,1-2H3. The van der Waals surface area contributed by atoms with Crippen LogP contribution in [-0.2, 0) is 4.74 Å². The van der Waals surface area contributed by atoms with Crippen LogP contribution in [0.5, 0.6) is 0 Å². The second-order valence-electron chi connectivity index (χ2n) is 4.76. The van der Waals surface area contributed by atoms with E-state index >= 15 is 0 Å². The molecule has 82 valence electrons. The first-order valence-corrected chi connectivity index (χ1v) is 5.09. The number of ether oxygens (including phenoxy) is 1. The lowest BCUT2D eigenvalue weighted by Gasteiger charge is -2.25. The van der Waals surface area contributed by atoms with Gasteiger partial charge in [0.1, 0.15) is 0 Å². The van der Waals surface area contributed by atoms with Crippen molar-refractivity contribution in [3.05, 3.63) is 0 Å². The highest BCUT2D eigenvalue weighted by atomic mass is 19.3. The molecular formula is C10H16F2O2. The molecule has 0 spiro atoms. The molecule has 2 fully saturated rings. The van der Waals surface area contributed by atoms with E-state index in [4.69, 9.17) is 4.74 Å². The molecule has 0 amide bonds. The number of hydrogen-bond donors (Lipinski definition) is 1. The Bertz CT molecular complexity index is 244. The van der Waals surface area contributed by atoms with Crippen LogP contribution in [0.2, 0.25) is 0 Å². The van der Waals surface area contributed by atoms with Crippen LogP contribution in [0.15, 0.2) is 0 Å². The molecule has 1 saturated carbocycles. The Morgan fingerprint density at radius 1 is 1.36 bits per heavy atom. The third-order valence-electron chi connectivity index (χ3n) is 3.39. The van der Waals surface area contributed by atoms with Gasteiger partial charge in [-0.2, -0.15) is 0 Å². The molecule has 14 heavy (non-hydrogen) atoms. The van der Waals surface area contributed by atoms with E-state index in [9.17, 15) is 13.9 Å². The van der Waals surface area contributed by atoms with Gasteiger partial charge in [-0.1, -0.05) is 0 Å². The Labute approximate surface area is 82.3 Å². The summed E-state index contributed by atoms with van der Waals surface area (Å²) in [5.41, 5.74) is -1.04. The third kappa shape index (κ3) is 1.65. The van der Waals surface area contributed by atoms with Gasteiger partial charge in [-0.3, -0.25) is 0 Å². The van der Waals surface area contributed by atoms with E-state index < -0.39 is 17.4 Å². The van der Waals surface area contributed by atoms with E-state index in [1.807, 2.05) is 6.92 Å². The molecular weight excluding hydrogens is 190 g/mol. The smallest absolute Gasteiger partial charge is 0.251 e. The average molecular weight is 206 g/mol. The minimum absolute atomic E-state index is 0.0256. The van der Waals surface area contributed by atoms with Crippen LogP contribution < -0.4 is 0 Å². The Hall–Kier alpha value is -0.220. The summed E-state index contributed by atoms with van der Waals surface area (Å²) in [6, 6.07) is 0. The van der Waals surface area contributed by atoms with Crippen LogP contribution in [0, 0.1) is 5.92 Å². The number of halogens is 2. The summed E-state index contributed by atoms with van der Waals surface area (Å²) in [4.78, 5) is 0. The Morgan fingerprint density at radius 3 is 2.29 bits per heavy atom. The molecule has 0 radical (unpaired) electrons. The molecule has 0 bridgehead atoms. The van der Waals surface area contributed by atoms with E-state index in [0.29, 0.717) is 6.42 Å². The zero-order chi connectivity index (χ0) is 10.6. The van der Waals surface area contributed by atoms with Crippen molar-refractivity contribution in [1.82, 2.24) is 0 Å². The van der Waals surface area contributed by atoms with Crippen LogP contribution in [0.1, 0.15) is 33.1 Å². The van der Waals surface area contributed by atoms with Gasteiger partial charge in [-0.05, 0) is 20.3 Å². The molecule has 1 aliphatic heterocycles. The van der Waals surface area contributed by atoms with Gasteiger partial charge in [-0.15, -0.1) is 0 Å². The lowest BCUT2D eigenvalue weighted by Crippen LogP contribution is -2.37. The van der Waals surface area contributed by atoms with E-state index in [1.54, 1.807) is 6.92 Å². The molecule has 4 unspecified atom stereocenters. The van der Waals surface area contributed by atoms with Crippen molar-refractivity contribution in [3.8, 4) is 0 Å². The second kappa shape index (κ2) is 2.89. The quantitative estimate of drug-likeness (QED) is 0.748. The van der Waals surface area contributed by atoms with E-state index in [0.717, 1.165) is 0 Å². The van der Waals surface area contributed by atoms with Gasteiger partial charge in [-0.25, -0.2) is 8.78 Å². The van der Waals surface area contributed by atoms with E-state index in [1.165, 1.54) is 0 Å². The van der Waals surface area contributed by atoms with Crippen LogP contribution >= 0.6 is 0 Å². The van der Waals surface area contributed by atoms with Gasteiger partial charge >= 0.3 is 0 Å². The molecule has 0 aromatic heterocycles. The molecule has 1 N–H and O–H groups in total. The maximum atomic E-state index is 12.7.